The lowest BCUT2D eigenvalue weighted by Gasteiger charge is -2.13. The third-order valence-electron chi connectivity index (χ3n) is 2.99. The molecule has 0 bridgehead atoms. The highest BCUT2D eigenvalue weighted by atomic mass is 35.5. The Hall–Kier alpha value is -1.58. The normalized spacial score (nSPS) is 10.9. The van der Waals surface area contributed by atoms with E-state index >= 15 is 0 Å². The van der Waals surface area contributed by atoms with Gasteiger partial charge in [0.2, 0.25) is 0 Å². The molecule has 0 aliphatic heterocycles. The largest absolute Gasteiger partial charge is 0.378 e. The minimum Gasteiger partial charge on any atom is -0.378 e. The van der Waals surface area contributed by atoms with Gasteiger partial charge in [0.1, 0.15) is 5.01 Å². The van der Waals surface area contributed by atoms with E-state index in [4.69, 9.17) is 11.6 Å². The molecular formula is C15H13ClN2S. The maximum absolute atomic E-state index is 6.38. The number of hydrogen-bond donors (Lipinski definition) is 0. The molecule has 1 heterocycles. The van der Waals surface area contributed by atoms with Crippen molar-refractivity contribution in [1.29, 1.82) is 0 Å². The van der Waals surface area contributed by atoms with E-state index < -0.39 is 0 Å². The summed E-state index contributed by atoms with van der Waals surface area (Å²) < 4.78 is 1.19. The van der Waals surface area contributed by atoms with Crippen LogP contribution in [0.15, 0.2) is 42.5 Å². The lowest BCUT2D eigenvalue weighted by Crippen LogP contribution is -2.08. The van der Waals surface area contributed by atoms with Crippen molar-refractivity contribution in [2.75, 3.05) is 19.0 Å². The maximum atomic E-state index is 6.38. The van der Waals surface area contributed by atoms with Gasteiger partial charge in [0, 0.05) is 25.3 Å². The SMILES string of the molecule is CN(C)c1ccc(-c2nc3ccccc3s2)c(Cl)c1. The monoisotopic (exact) mass is 288 g/mol. The molecular weight excluding hydrogens is 276 g/mol. The van der Waals surface area contributed by atoms with Gasteiger partial charge in [-0.3, -0.25) is 0 Å². The van der Waals surface area contributed by atoms with Crippen molar-refractivity contribution < 1.29 is 0 Å². The first-order valence-electron chi connectivity index (χ1n) is 5.98. The fourth-order valence-electron chi connectivity index (χ4n) is 1.94. The minimum absolute atomic E-state index is 0.741. The molecule has 0 amide bonds. The summed E-state index contributed by atoms with van der Waals surface area (Å²) in [4.78, 5) is 6.67. The van der Waals surface area contributed by atoms with Gasteiger partial charge in [0.25, 0.3) is 0 Å². The van der Waals surface area contributed by atoms with E-state index in [1.807, 2.05) is 49.3 Å². The van der Waals surface area contributed by atoms with Crippen LogP contribution < -0.4 is 4.90 Å². The fraction of sp³-hybridized carbons (Fsp3) is 0.133. The predicted octanol–water partition coefficient (Wildman–Crippen LogP) is 4.68. The van der Waals surface area contributed by atoms with E-state index in [9.17, 15) is 0 Å². The highest BCUT2D eigenvalue weighted by Gasteiger charge is 2.10. The summed E-state index contributed by atoms with van der Waals surface area (Å²) in [7, 11) is 4.01. The number of anilines is 1. The quantitative estimate of drug-likeness (QED) is 0.680. The van der Waals surface area contributed by atoms with E-state index in [1.165, 1.54) is 4.70 Å². The van der Waals surface area contributed by atoms with Gasteiger partial charge in [-0.15, -0.1) is 11.3 Å². The summed E-state index contributed by atoms with van der Waals surface area (Å²) in [6.07, 6.45) is 0. The third-order valence-corrected chi connectivity index (χ3v) is 4.38. The smallest absolute Gasteiger partial charge is 0.126 e. The zero-order chi connectivity index (χ0) is 13.4. The highest BCUT2D eigenvalue weighted by Crippen LogP contribution is 2.35. The molecule has 4 heteroatoms. The van der Waals surface area contributed by atoms with Gasteiger partial charge in [-0.1, -0.05) is 23.7 Å². The number of aromatic nitrogens is 1. The molecule has 0 fully saturated rings. The molecule has 0 atom stereocenters. The van der Waals surface area contributed by atoms with E-state index in [1.54, 1.807) is 11.3 Å². The van der Waals surface area contributed by atoms with Crippen LogP contribution in [0.5, 0.6) is 0 Å². The van der Waals surface area contributed by atoms with Gasteiger partial charge in [0.05, 0.1) is 15.2 Å². The first-order chi connectivity index (χ1) is 9.15. The van der Waals surface area contributed by atoms with E-state index in [0.29, 0.717) is 0 Å². The molecule has 2 aromatic carbocycles. The summed E-state index contributed by atoms with van der Waals surface area (Å²) in [5.41, 5.74) is 3.11. The van der Waals surface area contributed by atoms with Crippen molar-refractivity contribution in [3.05, 3.63) is 47.5 Å². The second-order valence-corrected chi connectivity index (χ2v) is 5.98. The van der Waals surface area contributed by atoms with Crippen LogP contribution in [0.3, 0.4) is 0 Å². The second kappa shape index (κ2) is 4.83. The Morgan fingerprint density at radius 1 is 1.11 bits per heavy atom. The Labute approximate surface area is 121 Å². The molecule has 3 rings (SSSR count). The number of rotatable bonds is 2. The number of thiazole rings is 1. The van der Waals surface area contributed by atoms with Gasteiger partial charge < -0.3 is 4.90 Å². The Kier molecular flexibility index (Phi) is 3.17. The Morgan fingerprint density at radius 3 is 2.58 bits per heavy atom. The molecule has 0 saturated carbocycles. The third kappa shape index (κ3) is 2.31. The number of nitrogens with zero attached hydrogens (tertiary/aromatic N) is 2. The van der Waals surface area contributed by atoms with Crippen LogP contribution in [0.2, 0.25) is 5.02 Å². The second-order valence-electron chi connectivity index (χ2n) is 4.55. The Balaban J connectivity index is 2.11. The van der Waals surface area contributed by atoms with Crippen LogP contribution in [0, 0.1) is 0 Å². The average Bonchev–Trinajstić information content (AvgIpc) is 2.81. The summed E-state index contributed by atoms with van der Waals surface area (Å²) >= 11 is 8.05. The van der Waals surface area contributed by atoms with Crippen LogP contribution >= 0.6 is 22.9 Å². The first kappa shape index (κ1) is 12.5. The van der Waals surface area contributed by atoms with Crippen molar-refractivity contribution in [3.63, 3.8) is 0 Å². The predicted molar refractivity (Wildman–Crippen MR) is 84.4 cm³/mol. The molecule has 19 heavy (non-hydrogen) atoms. The molecule has 3 aromatic rings. The molecule has 2 nitrogen and oxygen atoms in total. The topological polar surface area (TPSA) is 16.1 Å². The van der Waals surface area contributed by atoms with Crippen LogP contribution in [0.25, 0.3) is 20.8 Å². The number of para-hydroxylation sites is 1. The number of benzene rings is 2. The first-order valence-corrected chi connectivity index (χ1v) is 7.17. The summed E-state index contributed by atoms with van der Waals surface area (Å²) in [6.45, 7) is 0. The fourth-order valence-corrected chi connectivity index (χ4v) is 3.27. The number of halogens is 1. The highest BCUT2D eigenvalue weighted by molar-refractivity contribution is 7.21. The molecule has 96 valence electrons. The molecule has 0 unspecified atom stereocenters. The molecule has 0 radical (unpaired) electrons. The number of hydrogen-bond acceptors (Lipinski definition) is 3. The van der Waals surface area contributed by atoms with Crippen LogP contribution in [-0.4, -0.2) is 19.1 Å². The minimum atomic E-state index is 0.741. The molecule has 0 saturated heterocycles. The van der Waals surface area contributed by atoms with Gasteiger partial charge in [-0.2, -0.15) is 0 Å². The van der Waals surface area contributed by atoms with Gasteiger partial charge in [-0.25, -0.2) is 4.98 Å². The lowest BCUT2D eigenvalue weighted by molar-refractivity contribution is 1.13. The molecule has 0 N–H and O–H groups in total. The van der Waals surface area contributed by atoms with E-state index in [-0.39, 0.29) is 0 Å². The lowest BCUT2D eigenvalue weighted by atomic mass is 10.2. The van der Waals surface area contributed by atoms with Crippen LogP contribution in [0.1, 0.15) is 0 Å². The Bertz CT molecular complexity index is 701. The molecule has 0 aliphatic rings. The zero-order valence-electron chi connectivity index (χ0n) is 10.7. The zero-order valence-corrected chi connectivity index (χ0v) is 12.3. The van der Waals surface area contributed by atoms with Crippen LogP contribution in [-0.2, 0) is 0 Å². The average molecular weight is 289 g/mol. The van der Waals surface area contributed by atoms with Crippen molar-refractivity contribution in [1.82, 2.24) is 4.98 Å². The van der Waals surface area contributed by atoms with Gasteiger partial charge >= 0.3 is 0 Å². The van der Waals surface area contributed by atoms with Gasteiger partial charge in [0.15, 0.2) is 0 Å². The van der Waals surface area contributed by atoms with E-state index in [2.05, 4.69) is 17.1 Å². The van der Waals surface area contributed by atoms with Crippen LogP contribution in [0.4, 0.5) is 5.69 Å². The van der Waals surface area contributed by atoms with Crippen molar-refractivity contribution in [3.8, 4) is 10.6 Å². The number of fused-ring (bicyclic) bond motifs is 1. The van der Waals surface area contributed by atoms with Gasteiger partial charge in [-0.05, 0) is 30.3 Å². The maximum Gasteiger partial charge on any atom is 0.126 e. The summed E-state index contributed by atoms with van der Waals surface area (Å²) in [5, 5.41) is 1.71. The molecule has 0 spiro atoms. The summed E-state index contributed by atoms with van der Waals surface area (Å²) in [5.74, 6) is 0. The molecule has 0 aliphatic carbocycles. The van der Waals surface area contributed by atoms with E-state index in [0.717, 1.165) is 26.8 Å². The van der Waals surface area contributed by atoms with Crippen molar-refractivity contribution in [2.24, 2.45) is 0 Å². The van der Waals surface area contributed by atoms with Crippen molar-refractivity contribution in [2.45, 2.75) is 0 Å². The summed E-state index contributed by atoms with van der Waals surface area (Å²) in [6, 6.07) is 14.2. The standard InChI is InChI=1S/C15H13ClN2S/c1-18(2)10-7-8-11(12(16)9-10)15-17-13-5-3-4-6-14(13)19-15/h3-9H,1-2H3. The van der Waals surface area contributed by atoms with Crippen molar-refractivity contribution >= 4 is 38.8 Å². The Morgan fingerprint density at radius 2 is 1.89 bits per heavy atom. The molecule has 1 aromatic heterocycles.